The highest BCUT2D eigenvalue weighted by Crippen LogP contribution is 2.19. The van der Waals surface area contributed by atoms with Crippen LogP contribution in [0.15, 0.2) is 30.3 Å². The minimum absolute atomic E-state index is 0.386. The Balaban J connectivity index is 2.57. The normalized spacial score (nSPS) is 14.2. The summed E-state index contributed by atoms with van der Waals surface area (Å²) in [7, 11) is 0. The lowest BCUT2D eigenvalue weighted by molar-refractivity contribution is -0.108. The Labute approximate surface area is 104 Å². The van der Waals surface area contributed by atoms with Gasteiger partial charge in [-0.15, -0.1) is 0 Å². The Morgan fingerprint density at radius 2 is 1.94 bits per heavy atom. The van der Waals surface area contributed by atoms with Gasteiger partial charge < -0.3 is 10.1 Å². The third-order valence-corrected chi connectivity index (χ3v) is 2.98. The SMILES string of the molecule is CCCC(NC(C)CCC=O)c1ccccc1. The highest BCUT2D eigenvalue weighted by molar-refractivity contribution is 5.49. The molecule has 0 fully saturated rings. The summed E-state index contributed by atoms with van der Waals surface area (Å²) in [5.41, 5.74) is 1.34. The Bertz CT molecular complexity index is 310. The van der Waals surface area contributed by atoms with Crippen molar-refractivity contribution in [3.05, 3.63) is 35.9 Å². The molecular formula is C15H23NO. The first-order valence-electron chi connectivity index (χ1n) is 6.52. The van der Waals surface area contributed by atoms with Gasteiger partial charge in [0, 0.05) is 18.5 Å². The number of hydrogen-bond donors (Lipinski definition) is 1. The molecule has 0 amide bonds. The molecule has 1 aromatic carbocycles. The fourth-order valence-corrected chi connectivity index (χ4v) is 2.07. The van der Waals surface area contributed by atoms with Gasteiger partial charge in [0.25, 0.3) is 0 Å². The maximum absolute atomic E-state index is 10.4. The van der Waals surface area contributed by atoms with Crippen molar-refractivity contribution >= 4 is 6.29 Å². The van der Waals surface area contributed by atoms with Crippen LogP contribution < -0.4 is 5.32 Å². The van der Waals surface area contributed by atoms with Gasteiger partial charge in [-0.3, -0.25) is 0 Å². The van der Waals surface area contributed by atoms with E-state index in [0.717, 1.165) is 25.5 Å². The number of aldehydes is 1. The molecule has 2 atom stereocenters. The van der Waals surface area contributed by atoms with E-state index in [1.165, 1.54) is 5.56 Å². The molecule has 1 aromatic rings. The van der Waals surface area contributed by atoms with Crippen LogP contribution in [0.25, 0.3) is 0 Å². The second kappa shape index (κ2) is 8.02. The predicted octanol–water partition coefficient (Wildman–Crippen LogP) is 3.49. The number of rotatable bonds is 8. The number of benzene rings is 1. The van der Waals surface area contributed by atoms with Gasteiger partial charge in [0.15, 0.2) is 0 Å². The molecule has 0 bridgehead atoms. The van der Waals surface area contributed by atoms with Gasteiger partial charge in [-0.25, -0.2) is 0 Å². The van der Waals surface area contributed by atoms with Crippen LogP contribution in [0.2, 0.25) is 0 Å². The summed E-state index contributed by atoms with van der Waals surface area (Å²) in [6, 6.07) is 11.3. The van der Waals surface area contributed by atoms with Crippen LogP contribution in [0.1, 0.15) is 51.1 Å². The summed E-state index contributed by atoms with van der Waals surface area (Å²) in [6.07, 6.45) is 4.84. The van der Waals surface area contributed by atoms with E-state index in [1.807, 2.05) is 6.07 Å². The Kier molecular flexibility index (Phi) is 6.56. The fraction of sp³-hybridized carbons (Fsp3) is 0.533. The van der Waals surface area contributed by atoms with Crippen LogP contribution >= 0.6 is 0 Å². The molecule has 2 unspecified atom stereocenters. The van der Waals surface area contributed by atoms with Gasteiger partial charge >= 0.3 is 0 Å². The molecule has 17 heavy (non-hydrogen) atoms. The molecule has 0 aliphatic carbocycles. The minimum atomic E-state index is 0.386. The van der Waals surface area contributed by atoms with Crippen LogP contribution in [0.3, 0.4) is 0 Å². The van der Waals surface area contributed by atoms with E-state index in [2.05, 4.69) is 43.4 Å². The van der Waals surface area contributed by atoms with Crippen LogP contribution in [0.4, 0.5) is 0 Å². The first kappa shape index (κ1) is 13.9. The van der Waals surface area contributed by atoms with Gasteiger partial charge in [0.2, 0.25) is 0 Å². The van der Waals surface area contributed by atoms with Crippen molar-refractivity contribution in [1.29, 1.82) is 0 Å². The van der Waals surface area contributed by atoms with Crippen molar-refractivity contribution in [1.82, 2.24) is 5.32 Å². The molecule has 0 radical (unpaired) electrons. The molecule has 0 spiro atoms. The molecule has 0 saturated carbocycles. The summed E-state index contributed by atoms with van der Waals surface area (Å²) in [5.74, 6) is 0. The third-order valence-electron chi connectivity index (χ3n) is 2.98. The van der Waals surface area contributed by atoms with Crippen molar-refractivity contribution < 1.29 is 4.79 Å². The summed E-state index contributed by atoms with van der Waals surface area (Å²) < 4.78 is 0. The summed E-state index contributed by atoms with van der Waals surface area (Å²) in [5, 5.41) is 3.61. The zero-order valence-corrected chi connectivity index (χ0v) is 10.9. The van der Waals surface area contributed by atoms with Crippen molar-refractivity contribution in [2.24, 2.45) is 0 Å². The maximum Gasteiger partial charge on any atom is 0.120 e. The molecule has 94 valence electrons. The van der Waals surface area contributed by atoms with E-state index < -0.39 is 0 Å². The number of carbonyl (C=O) groups excluding carboxylic acids is 1. The number of nitrogens with one attached hydrogen (secondary N) is 1. The van der Waals surface area contributed by atoms with Gasteiger partial charge in [0.05, 0.1) is 0 Å². The standard InChI is InChI=1S/C15H23NO/c1-3-8-15(14-10-5-4-6-11-14)16-13(2)9-7-12-17/h4-6,10-13,15-16H,3,7-9H2,1-2H3. The van der Waals surface area contributed by atoms with Crippen LogP contribution in [0.5, 0.6) is 0 Å². The quantitative estimate of drug-likeness (QED) is 0.696. The first-order chi connectivity index (χ1) is 8.27. The smallest absolute Gasteiger partial charge is 0.120 e. The molecule has 0 aromatic heterocycles. The highest BCUT2D eigenvalue weighted by Gasteiger charge is 2.12. The van der Waals surface area contributed by atoms with Gasteiger partial charge in [-0.1, -0.05) is 43.7 Å². The van der Waals surface area contributed by atoms with Crippen molar-refractivity contribution in [3.63, 3.8) is 0 Å². The summed E-state index contributed by atoms with van der Waals surface area (Å²) >= 11 is 0. The van der Waals surface area contributed by atoms with Crippen molar-refractivity contribution in [2.45, 2.75) is 51.6 Å². The number of carbonyl (C=O) groups is 1. The molecule has 1 N–H and O–H groups in total. The molecule has 0 heterocycles. The number of hydrogen-bond acceptors (Lipinski definition) is 2. The summed E-state index contributed by atoms with van der Waals surface area (Å²) in [4.78, 5) is 10.4. The molecular weight excluding hydrogens is 210 g/mol. The van der Waals surface area contributed by atoms with Gasteiger partial charge in [0.1, 0.15) is 6.29 Å². The second-order valence-corrected chi connectivity index (χ2v) is 4.56. The lowest BCUT2D eigenvalue weighted by Crippen LogP contribution is -2.30. The average Bonchev–Trinajstić information content (AvgIpc) is 2.37. The molecule has 0 saturated heterocycles. The Morgan fingerprint density at radius 3 is 2.53 bits per heavy atom. The highest BCUT2D eigenvalue weighted by atomic mass is 16.1. The van der Waals surface area contributed by atoms with E-state index in [1.54, 1.807) is 0 Å². The van der Waals surface area contributed by atoms with E-state index in [4.69, 9.17) is 0 Å². The van der Waals surface area contributed by atoms with Crippen molar-refractivity contribution in [3.8, 4) is 0 Å². The zero-order chi connectivity index (χ0) is 12.5. The third kappa shape index (κ3) is 5.14. The maximum atomic E-state index is 10.4. The first-order valence-corrected chi connectivity index (χ1v) is 6.52. The minimum Gasteiger partial charge on any atom is -0.307 e. The molecule has 0 aliphatic heterocycles. The lowest BCUT2D eigenvalue weighted by atomic mass is 10.0. The Morgan fingerprint density at radius 1 is 1.24 bits per heavy atom. The molecule has 0 aliphatic rings. The van der Waals surface area contributed by atoms with E-state index >= 15 is 0 Å². The second-order valence-electron chi connectivity index (χ2n) is 4.56. The lowest BCUT2D eigenvalue weighted by Gasteiger charge is -2.23. The van der Waals surface area contributed by atoms with Crippen LogP contribution in [-0.4, -0.2) is 12.3 Å². The van der Waals surface area contributed by atoms with E-state index in [-0.39, 0.29) is 0 Å². The topological polar surface area (TPSA) is 29.1 Å². The fourth-order valence-electron chi connectivity index (χ4n) is 2.07. The zero-order valence-electron chi connectivity index (χ0n) is 10.9. The largest absolute Gasteiger partial charge is 0.307 e. The molecule has 1 rings (SSSR count). The Hall–Kier alpha value is -1.15. The van der Waals surface area contributed by atoms with Gasteiger partial charge in [-0.2, -0.15) is 0 Å². The van der Waals surface area contributed by atoms with Crippen LogP contribution in [0, 0.1) is 0 Å². The van der Waals surface area contributed by atoms with Crippen molar-refractivity contribution in [2.75, 3.05) is 0 Å². The summed E-state index contributed by atoms with van der Waals surface area (Å²) in [6.45, 7) is 4.35. The van der Waals surface area contributed by atoms with Crippen LogP contribution in [-0.2, 0) is 4.79 Å². The van der Waals surface area contributed by atoms with E-state index in [9.17, 15) is 4.79 Å². The van der Waals surface area contributed by atoms with Gasteiger partial charge in [-0.05, 0) is 25.3 Å². The monoisotopic (exact) mass is 233 g/mol. The predicted molar refractivity (Wildman–Crippen MR) is 72.0 cm³/mol. The molecule has 2 nitrogen and oxygen atoms in total. The van der Waals surface area contributed by atoms with E-state index in [0.29, 0.717) is 18.5 Å². The molecule has 2 heteroatoms. The average molecular weight is 233 g/mol.